The Morgan fingerprint density at radius 3 is 2.84 bits per heavy atom. The molecular formula is C12H15BrFN3O2. The van der Waals surface area contributed by atoms with Crippen LogP contribution in [0.1, 0.15) is 19.8 Å². The maximum absolute atomic E-state index is 13.6. The molecule has 0 saturated carbocycles. The Kier molecular flexibility index (Phi) is 5.75. The first-order chi connectivity index (χ1) is 8.99. The molecule has 0 aliphatic rings. The minimum Gasteiger partial charge on any atom is -0.409 e. The van der Waals surface area contributed by atoms with E-state index in [1.807, 2.05) is 6.92 Å². The van der Waals surface area contributed by atoms with Crippen molar-refractivity contribution in [3.05, 3.63) is 28.5 Å². The number of amidine groups is 1. The number of carbonyl (C=O) groups excluding carboxylic acids is 1. The third kappa shape index (κ3) is 4.20. The molecule has 0 aromatic heterocycles. The molecule has 0 radical (unpaired) electrons. The Hall–Kier alpha value is -1.63. The zero-order valence-corrected chi connectivity index (χ0v) is 11.9. The predicted molar refractivity (Wildman–Crippen MR) is 74.5 cm³/mol. The second-order valence-corrected chi connectivity index (χ2v) is 4.90. The SMILES string of the molecule is CCCC(C(=O)Nc1ccc(Br)cc1F)C(N)=NO. The van der Waals surface area contributed by atoms with E-state index in [2.05, 4.69) is 26.4 Å². The highest BCUT2D eigenvalue weighted by atomic mass is 79.9. The zero-order valence-electron chi connectivity index (χ0n) is 10.4. The topological polar surface area (TPSA) is 87.7 Å². The van der Waals surface area contributed by atoms with E-state index in [1.54, 1.807) is 6.07 Å². The fraction of sp³-hybridized carbons (Fsp3) is 0.333. The largest absolute Gasteiger partial charge is 0.409 e. The summed E-state index contributed by atoms with van der Waals surface area (Å²) in [5.74, 6) is -2.02. The molecule has 1 amide bonds. The summed E-state index contributed by atoms with van der Waals surface area (Å²) >= 11 is 3.13. The molecule has 0 heterocycles. The van der Waals surface area contributed by atoms with Crippen LogP contribution in [-0.4, -0.2) is 17.0 Å². The minimum atomic E-state index is -0.780. The number of nitrogens with zero attached hydrogens (tertiary/aromatic N) is 1. The second-order valence-electron chi connectivity index (χ2n) is 3.98. The van der Waals surface area contributed by atoms with E-state index in [4.69, 9.17) is 10.9 Å². The van der Waals surface area contributed by atoms with Crippen molar-refractivity contribution in [2.75, 3.05) is 5.32 Å². The summed E-state index contributed by atoms with van der Waals surface area (Å²) in [5, 5.41) is 13.9. The van der Waals surface area contributed by atoms with Crippen molar-refractivity contribution in [3.8, 4) is 0 Å². The number of rotatable bonds is 5. The van der Waals surface area contributed by atoms with Gasteiger partial charge in [-0.15, -0.1) is 0 Å². The molecule has 0 bridgehead atoms. The molecule has 104 valence electrons. The molecule has 0 aliphatic carbocycles. The maximum Gasteiger partial charge on any atom is 0.235 e. The van der Waals surface area contributed by atoms with Crippen LogP contribution in [0, 0.1) is 11.7 Å². The molecule has 1 aromatic carbocycles. The highest BCUT2D eigenvalue weighted by molar-refractivity contribution is 9.10. The Morgan fingerprint density at radius 1 is 1.63 bits per heavy atom. The van der Waals surface area contributed by atoms with E-state index in [9.17, 15) is 9.18 Å². The van der Waals surface area contributed by atoms with Crippen molar-refractivity contribution in [2.45, 2.75) is 19.8 Å². The van der Waals surface area contributed by atoms with Crippen LogP contribution in [0.25, 0.3) is 0 Å². The predicted octanol–water partition coefficient (Wildman–Crippen LogP) is 2.69. The van der Waals surface area contributed by atoms with Gasteiger partial charge in [-0.05, 0) is 24.6 Å². The Labute approximate surface area is 118 Å². The number of halogens is 2. The fourth-order valence-electron chi connectivity index (χ4n) is 1.58. The number of hydrogen-bond acceptors (Lipinski definition) is 3. The third-order valence-electron chi connectivity index (χ3n) is 2.56. The first kappa shape index (κ1) is 15.4. The van der Waals surface area contributed by atoms with Gasteiger partial charge in [-0.3, -0.25) is 4.79 Å². The van der Waals surface area contributed by atoms with Gasteiger partial charge < -0.3 is 16.3 Å². The number of hydrogen-bond donors (Lipinski definition) is 3. The number of nitrogens with one attached hydrogen (secondary N) is 1. The van der Waals surface area contributed by atoms with Gasteiger partial charge in [-0.2, -0.15) is 0 Å². The van der Waals surface area contributed by atoms with Crippen LogP contribution >= 0.6 is 15.9 Å². The van der Waals surface area contributed by atoms with E-state index in [0.717, 1.165) is 0 Å². The van der Waals surface area contributed by atoms with Crippen LogP contribution in [0.2, 0.25) is 0 Å². The molecule has 1 aromatic rings. The average molecular weight is 332 g/mol. The van der Waals surface area contributed by atoms with Gasteiger partial charge in [0, 0.05) is 4.47 Å². The second kappa shape index (κ2) is 7.08. The van der Waals surface area contributed by atoms with Gasteiger partial charge in [0.2, 0.25) is 5.91 Å². The van der Waals surface area contributed by atoms with Gasteiger partial charge in [-0.1, -0.05) is 34.4 Å². The molecule has 1 atom stereocenters. The molecule has 4 N–H and O–H groups in total. The summed E-state index contributed by atoms with van der Waals surface area (Å²) in [6, 6.07) is 4.29. The highest BCUT2D eigenvalue weighted by Crippen LogP contribution is 2.20. The maximum atomic E-state index is 13.6. The van der Waals surface area contributed by atoms with E-state index in [-0.39, 0.29) is 11.5 Å². The van der Waals surface area contributed by atoms with Crippen LogP contribution in [0.5, 0.6) is 0 Å². The number of carbonyl (C=O) groups is 1. The highest BCUT2D eigenvalue weighted by Gasteiger charge is 2.23. The van der Waals surface area contributed by atoms with E-state index < -0.39 is 17.6 Å². The van der Waals surface area contributed by atoms with Crippen molar-refractivity contribution >= 4 is 33.4 Å². The van der Waals surface area contributed by atoms with Crippen molar-refractivity contribution in [2.24, 2.45) is 16.8 Å². The van der Waals surface area contributed by atoms with E-state index in [0.29, 0.717) is 17.3 Å². The number of amides is 1. The lowest BCUT2D eigenvalue weighted by molar-refractivity contribution is -0.118. The normalized spacial score (nSPS) is 13.1. The molecular weight excluding hydrogens is 317 g/mol. The van der Waals surface area contributed by atoms with Crippen LogP contribution in [0.4, 0.5) is 10.1 Å². The molecule has 19 heavy (non-hydrogen) atoms. The van der Waals surface area contributed by atoms with Crippen LogP contribution in [0.3, 0.4) is 0 Å². The van der Waals surface area contributed by atoms with Crippen molar-refractivity contribution in [3.63, 3.8) is 0 Å². The van der Waals surface area contributed by atoms with E-state index in [1.165, 1.54) is 12.1 Å². The van der Waals surface area contributed by atoms with Crippen LogP contribution in [0.15, 0.2) is 27.8 Å². The summed E-state index contributed by atoms with van der Waals surface area (Å²) in [6.07, 6.45) is 1.09. The lowest BCUT2D eigenvalue weighted by atomic mass is 10.0. The first-order valence-electron chi connectivity index (χ1n) is 5.73. The summed E-state index contributed by atoms with van der Waals surface area (Å²) in [6.45, 7) is 1.87. The van der Waals surface area contributed by atoms with Crippen LogP contribution < -0.4 is 11.1 Å². The van der Waals surface area contributed by atoms with Gasteiger partial charge in [-0.25, -0.2) is 4.39 Å². The molecule has 0 saturated heterocycles. The standard InChI is InChI=1S/C12H15BrFN3O2/c1-2-3-8(11(15)17-19)12(18)16-10-5-4-7(13)6-9(10)14/h4-6,8,19H,2-3H2,1H3,(H2,15,17)(H,16,18). The number of oxime groups is 1. The first-order valence-corrected chi connectivity index (χ1v) is 6.52. The Bertz CT molecular complexity index is 494. The van der Waals surface area contributed by atoms with Gasteiger partial charge >= 0.3 is 0 Å². The fourth-order valence-corrected chi connectivity index (χ4v) is 1.92. The molecule has 5 nitrogen and oxygen atoms in total. The smallest absolute Gasteiger partial charge is 0.235 e. The van der Waals surface area contributed by atoms with Gasteiger partial charge in [0.25, 0.3) is 0 Å². The Balaban J connectivity index is 2.87. The lowest BCUT2D eigenvalue weighted by Gasteiger charge is -2.15. The molecule has 1 rings (SSSR count). The summed E-state index contributed by atoms with van der Waals surface area (Å²) in [5.41, 5.74) is 5.51. The summed E-state index contributed by atoms with van der Waals surface area (Å²) < 4.78 is 14.2. The minimum absolute atomic E-state index is 0.0556. The van der Waals surface area contributed by atoms with Gasteiger partial charge in [0.05, 0.1) is 11.6 Å². The molecule has 7 heteroatoms. The monoisotopic (exact) mass is 331 g/mol. The quantitative estimate of drug-likeness (QED) is 0.335. The molecule has 0 fully saturated rings. The number of anilines is 1. The molecule has 0 aliphatic heterocycles. The van der Waals surface area contributed by atoms with Crippen molar-refractivity contribution in [1.29, 1.82) is 0 Å². The number of nitrogens with two attached hydrogens (primary N) is 1. The summed E-state index contributed by atoms with van der Waals surface area (Å²) in [7, 11) is 0. The number of benzene rings is 1. The third-order valence-corrected chi connectivity index (χ3v) is 3.05. The average Bonchev–Trinajstić information content (AvgIpc) is 2.38. The molecule has 0 spiro atoms. The van der Waals surface area contributed by atoms with Gasteiger partial charge in [0.15, 0.2) is 5.84 Å². The zero-order chi connectivity index (χ0) is 14.4. The van der Waals surface area contributed by atoms with Gasteiger partial charge in [0.1, 0.15) is 5.82 Å². The summed E-state index contributed by atoms with van der Waals surface area (Å²) in [4.78, 5) is 12.0. The van der Waals surface area contributed by atoms with Crippen molar-refractivity contribution in [1.82, 2.24) is 0 Å². The molecule has 1 unspecified atom stereocenters. The Morgan fingerprint density at radius 2 is 2.32 bits per heavy atom. The van der Waals surface area contributed by atoms with Crippen LogP contribution in [-0.2, 0) is 4.79 Å². The van der Waals surface area contributed by atoms with Crippen molar-refractivity contribution < 1.29 is 14.4 Å². The van der Waals surface area contributed by atoms with E-state index >= 15 is 0 Å². The lowest BCUT2D eigenvalue weighted by Crippen LogP contribution is -2.34.